The Morgan fingerprint density at radius 2 is 2.12 bits per heavy atom. The zero-order valence-electron chi connectivity index (χ0n) is 9.27. The molecule has 1 aromatic rings. The van der Waals surface area contributed by atoms with E-state index in [0.717, 1.165) is 0 Å². The van der Waals surface area contributed by atoms with E-state index in [1.165, 1.54) is 18.2 Å². The van der Waals surface area contributed by atoms with Crippen LogP contribution in [-0.2, 0) is 9.53 Å². The normalized spacial score (nSPS) is 9.94. The summed E-state index contributed by atoms with van der Waals surface area (Å²) in [5, 5.41) is 20.5. The second kappa shape index (κ2) is 5.86. The number of hydrogen-bond donors (Lipinski definition) is 3. The number of carboxylic acid groups (broad SMARTS) is 1. The summed E-state index contributed by atoms with van der Waals surface area (Å²) in [5.41, 5.74) is 0.0316. The monoisotopic (exact) mass is 239 g/mol. The maximum Gasteiger partial charge on any atom is 0.339 e. The van der Waals surface area contributed by atoms with Gasteiger partial charge in [0, 0.05) is 12.3 Å². The molecule has 0 aliphatic rings. The van der Waals surface area contributed by atoms with Crippen molar-refractivity contribution >= 4 is 17.6 Å². The lowest BCUT2D eigenvalue weighted by atomic mass is 10.2. The summed E-state index contributed by atoms with van der Waals surface area (Å²) < 4.78 is 4.89. The highest BCUT2D eigenvalue weighted by atomic mass is 16.5. The maximum absolute atomic E-state index is 11.3. The van der Waals surface area contributed by atoms with Crippen molar-refractivity contribution < 1.29 is 24.5 Å². The van der Waals surface area contributed by atoms with Crippen LogP contribution in [0.15, 0.2) is 18.2 Å². The first-order valence-electron chi connectivity index (χ1n) is 4.98. The summed E-state index contributed by atoms with van der Waals surface area (Å²) in [4.78, 5) is 22.0. The van der Waals surface area contributed by atoms with Crippen molar-refractivity contribution in [2.24, 2.45) is 0 Å². The number of carboxylic acids is 1. The van der Waals surface area contributed by atoms with Crippen molar-refractivity contribution in [2.75, 3.05) is 18.5 Å². The number of carbonyl (C=O) groups is 2. The third-order valence-corrected chi connectivity index (χ3v) is 1.95. The summed E-state index contributed by atoms with van der Waals surface area (Å²) >= 11 is 0. The first kappa shape index (κ1) is 13.0. The van der Waals surface area contributed by atoms with E-state index in [2.05, 4.69) is 5.32 Å². The van der Waals surface area contributed by atoms with Crippen LogP contribution >= 0.6 is 0 Å². The molecular formula is C11H13NO5. The number of anilines is 1. The molecule has 1 amide bonds. The molecule has 0 heterocycles. The number of amides is 1. The van der Waals surface area contributed by atoms with Crippen molar-refractivity contribution in [3.63, 3.8) is 0 Å². The van der Waals surface area contributed by atoms with E-state index in [-0.39, 0.29) is 23.8 Å². The highest BCUT2D eigenvalue weighted by Gasteiger charge is 2.11. The molecule has 0 bridgehead atoms. The molecule has 0 unspecified atom stereocenters. The number of benzene rings is 1. The van der Waals surface area contributed by atoms with Gasteiger partial charge < -0.3 is 20.3 Å². The second-order valence-corrected chi connectivity index (χ2v) is 3.22. The zero-order chi connectivity index (χ0) is 12.8. The predicted octanol–water partition coefficient (Wildman–Crippen LogP) is 1.07. The Labute approximate surface area is 97.8 Å². The predicted molar refractivity (Wildman–Crippen MR) is 60.2 cm³/mol. The number of nitrogens with one attached hydrogen (secondary N) is 1. The van der Waals surface area contributed by atoms with E-state index in [1.807, 2.05) is 0 Å². The van der Waals surface area contributed by atoms with Crippen molar-refractivity contribution in [3.05, 3.63) is 23.8 Å². The Hall–Kier alpha value is -2.08. The van der Waals surface area contributed by atoms with Gasteiger partial charge in [0.05, 0.1) is 0 Å². The Balaban J connectivity index is 2.75. The zero-order valence-corrected chi connectivity index (χ0v) is 9.27. The lowest BCUT2D eigenvalue weighted by Crippen LogP contribution is -2.18. The molecule has 1 rings (SSSR count). The molecule has 0 fully saturated rings. The molecule has 3 N–H and O–H groups in total. The van der Waals surface area contributed by atoms with Gasteiger partial charge in [-0.3, -0.25) is 4.79 Å². The number of aromatic hydroxyl groups is 1. The fourth-order valence-electron chi connectivity index (χ4n) is 1.18. The van der Waals surface area contributed by atoms with Crippen LogP contribution in [0.3, 0.4) is 0 Å². The minimum absolute atomic E-state index is 0.0974. The Kier molecular flexibility index (Phi) is 4.47. The van der Waals surface area contributed by atoms with E-state index >= 15 is 0 Å². The molecule has 0 aliphatic carbocycles. The Morgan fingerprint density at radius 1 is 1.41 bits per heavy atom. The molecule has 6 nitrogen and oxygen atoms in total. The molecular weight excluding hydrogens is 226 g/mol. The fourth-order valence-corrected chi connectivity index (χ4v) is 1.18. The van der Waals surface area contributed by atoms with Crippen molar-refractivity contribution in [3.8, 4) is 5.75 Å². The third-order valence-electron chi connectivity index (χ3n) is 1.95. The topological polar surface area (TPSA) is 95.9 Å². The molecule has 0 aliphatic heterocycles. The maximum atomic E-state index is 11.3. The van der Waals surface area contributed by atoms with Crippen molar-refractivity contribution in [1.29, 1.82) is 0 Å². The molecule has 1 aromatic carbocycles. The second-order valence-electron chi connectivity index (χ2n) is 3.22. The standard InChI is InChI=1S/C11H13NO5/c1-2-17-6-10(14)12-7-3-4-9(13)8(5-7)11(15)16/h3-5,13H,2,6H2,1H3,(H,12,14)(H,15,16). The number of hydrogen-bond acceptors (Lipinski definition) is 4. The molecule has 6 heteroatoms. The smallest absolute Gasteiger partial charge is 0.339 e. The Bertz CT molecular complexity index is 430. The van der Waals surface area contributed by atoms with Crippen LogP contribution in [0.25, 0.3) is 0 Å². The van der Waals surface area contributed by atoms with Crippen LogP contribution in [0.4, 0.5) is 5.69 Å². The highest BCUT2D eigenvalue weighted by Crippen LogP contribution is 2.21. The van der Waals surface area contributed by atoms with Crippen LogP contribution in [0.5, 0.6) is 5.75 Å². The van der Waals surface area contributed by atoms with Crippen molar-refractivity contribution in [2.45, 2.75) is 6.92 Å². The third kappa shape index (κ3) is 3.76. The molecule has 0 saturated heterocycles. The SMILES string of the molecule is CCOCC(=O)Nc1ccc(O)c(C(=O)O)c1. The van der Waals surface area contributed by atoms with E-state index in [1.54, 1.807) is 6.92 Å². The number of ether oxygens (including phenoxy) is 1. The minimum atomic E-state index is -1.26. The van der Waals surface area contributed by atoms with Gasteiger partial charge in [-0.25, -0.2) is 4.79 Å². The first-order valence-corrected chi connectivity index (χ1v) is 4.98. The average molecular weight is 239 g/mol. The van der Waals surface area contributed by atoms with E-state index in [0.29, 0.717) is 12.3 Å². The molecule has 92 valence electrons. The van der Waals surface area contributed by atoms with Gasteiger partial charge in [0.1, 0.15) is 17.9 Å². The average Bonchev–Trinajstić information content (AvgIpc) is 2.28. The Morgan fingerprint density at radius 3 is 2.71 bits per heavy atom. The van der Waals surface area contributed by atoms with Gasteiger partial charge in [-0.15, -0.1) is 0 Å². The summed E-state index contributed by atoms with van der Waals surface area (Å²) in [6.45, 7) is 2.08. The van der Waals surface area contributed by atoms with Gasteiger partial charge in [-0.1, -0.05) is 0 Å². The van der Waals surface area contributed by atoms with Gasteiger partial charge in [-0.05, 0) is 25.1 Å². The number of carbonyl (C=O) groups excluding carboxylic acids is 1. The van der Waals surface area contributed by atoms with Crippen LogP contribution in [0.2, 0.25) is 0 Å². The quantitative estimate of drug-likeness (QED) is 0.668. The molecule has 0 aromatic heterocycles. The summed E-state index contributed by atoms with van der Waals surface area (Å²) in [7, 11) is 0. The lowest BCUT2D eigenvalue weighted by Gasteiger charge is -2.07. The summed E-state index contributed by atoms with van der Waals surface area (Å²) in [6.07, 6.45) is 0. The number of rotatable bonds is 5. The summed E-state index contributed by atoms with van der Waals surface area (Å²) in [6, 6.07) is 3.80. The van der Waals surface area contributed by atoms with Crippen molar-refractivity contribution in [1.82, 2.24) is 0 Å². The van der Waals surface area contributed by atoms with Gasteiger partial charge in [0.25, 0.3) is 0 Å². The lowest BCUT2D eigenvalue weighted by molar-refractivity contribution is -0.120. The summed E-state index contributed by atoms with van der Waals surface area (Å²) in [5.74, 6) is -1.99. The number of phenols is 1. The van der Waals surface area contributed by atoms with E-state index < -0.39 is 5.97 Å². The van der Waals surface area contributed by atoms with Crippen LogP contribution in [0, 0.1) is 0 Å². The minimum Gasteiger partial charge on any atom is -0.507 e. The van der Waals surface area contributed by atoms with Gasteiger partial charge >= 0.3 is 5.97 Å². The van der Waals surface area contributed by atoms with E-state index in [9.17, 15) is 14.7 Å². The molecule has 0 saturated carbocycles. The fraction of sp³-hybridized carbons (Fsp3) is 0.273. The largest absolute Gasteiger partial charge is 0.507 e. The van der Waals surface area contributed by atoms with Gasteiger partial charge in [0.2, 0.25) is 5.91 Å². The molecule has 0 spiro atoms. The molecule has 0 radical (unpaired) electrons. The van der Waals surface area contributed by atoms with Crippen LogP contribution < -0.4 is 5.32 Å². The van der Waals surface area contributed by atoms with Crippen LogP contribution in [-0.4, -0.2) is 35.3 Å². The molecule has 17 heavy (non-hydrogen) atoms. The molecule has 0 atom stereocenters. The highest BCUT2D eigenvalue weighted by molar-refractivity contribution is 5.95. The van der Waals surface area contributed by atoms with Crippen LogP contribution in [0.1, 0.15) is 17.3 Å². The first-order chi connectivity index (χ1) is 8.04. The van der Waals surface area contributed by atoms with E-state index in [4.69, 9.17) is 9.84 Å². The van der Waals surface area contributed by atoms with Gasteiger partial charge in [0.15, 0.2) is 0 Å². The number of aromatic carboxylic acids is 1. The van der Waals surface area contributed by atoms with Gasteiger partial charge in [-0.2, -0.15) is 0 Å².